The number of hydrogen-bond donors (Lipinski definition) is 2. The fraction of sp³-hybridized carbons (Fsp3) is 0.312. The Kier molecular flexibility index (Phi) is 4.46. The molecule has 2 N–H and O–H groups in total. The Balaban J connectivity index is 2.02. The van der Waals surface area contributed by atoms with Crippen LogP contribution in [0.3, 0.4) is 0 Å². The van der Waals surface area contributed by atoms with Crippen molar-refractivity contribution in [3.8, 4) is 11.4 Å². The molecule has 2 heterocycles. The predicted molar refractivity (Wildman–Crippen MR) is 89.9 cm³/mol. The smallest absolute Gasteiger partial charge is 0.316 e. The van der Waals surface area contributed by atoms with Gasteiger partial charge >= 0.3 is 11.1 Å². The molecule has 9 nitrogen and oxygen atoms in total. The third-order valence-electron chi connectivity index (χ3n) is 3.64. The van der Waals surface area contributed by atoms with Gasteiger partial charge in [0, 0.05) is 19.0 Å². The van der Waals surface area contributed by atoms with Crippen LogP contribution in [0.2, 0.25) is 0 Å². The zero-order valence-corrected chi connectivity index (χ0v) is 13.8. The molecule has 0 saturated carbocycles. The first kappa shape index (κ1) is 16.6. The lowest BCUT2D eigenvalue weighted by Crippen LogP contribution is -2.36. The molecule has 25 heavy (non-hydrogen) atoms. The number of fused-ring (bicyclic) bond motifs is 1. The molecule has 0 fully saturated rings. The Hall–Kier alpha value is -3.23. The zero-order chi connectivity index (χ0) is 18.0. The van der Waals surface area contributed by atoms with Crippen LogP contribution in [-0.2, 0) is 17.9 Å². The Morgan fingerprint density at radius 1 is 1.36 bits per heavy atom. The second-order valence-electron chi connectivity index (χ2n) is 5.56. The zero-order valence-electron chi connectivity index (χ0n) is 13.8. The van der Waals surface area contributed by atoms with Crippen molar-refractivity contribution in [3.05, 3.63) is 44.8 Å². The van der Waals surface area contributed by atoms with Crippen molar-refractivity contribution in [1.29, 1.82) is 0 Å². The summed E-state index contributed by atoms with van der Waals surface area (Å²) in [7, 11) is 0. The van der Waals surface area contributed by atoms with E-state index in [0.717, 1.165) is 6.42 Å². The molecule has 9 heteroatoms. The Morgan fingerprint density at radius 2 is 2.16 bits per heavy atom. The van der Waals surface area contributed by atoms with Crippen molar-refractivity contribution in [3.63, 3.8) is 0 Å². The monoisotopic (exact) mass is 343 g/mol. The highest BCUT2D eigenvalue weighted by molar-refractivity contribution is 5.80. The van der Waals surface area contributed by atoms with Gasteiger partial charge in [0.15, 0.2) is 0 Å². The molecule has 0 unspecified atom stereocenters. The molecule has 0 saturated heterocycles. The maximum atomic E-state index is 12.0. The number of H-pyrrole nitrogens is 1. The van der Waals surface area contributed by atoms with Crippen molar-refractivity contribution in [2.24, 2.45) is 0 Å². The maximum Gasteiger partial charge on any atom is 0.316 e. The first-order valence-electron chi connectivity index (χ1n) is 7.84. The van der Waals surface area contributed by atoms with Gasteiger partial charge < -0.3 is 19.4 Å². The minimum Gasteiger partial charge on any atom is -0.347 e. The van der Waals surface area contributed by atoms with Crippen molar-refractivity contribution >= 4 is 16.9 Å². The van der Waals surface area contributed by atoms with Crippen molar-refractivity contribution < 1.29 is 9.32 Å². The summed E-state index contributed by atoms with van der Waals surface area (Å²) in [5.74, 6) is 0.406. The van der Waals surface area contributed by atoms with Crippen molar-refractivity contribution in [2.45, 2.75) is 33.4 Å². The number of aromatic amines is 1. The normalized spacial score (nSPS) is 11.0. The van der Waals surface area contributed by atoms with Crippen molar-refractivity contribution in [2.75, 3.05) is 0 Å². The molecular formula is C16H17N5O4. The van der Waals surface area contributed by atoms with Gasteiger partial charge in [0.1, 0.15) is 0 Å². The third kappa shape index (κ3) is 3.35. The van der Waals surface area contributed by atoms with Gasteiger partial charge in [-0.05, 0) is 24.6 Å². The van der Waals surface area contributed by atoms with Crippen LogP contribution in [0.1, 0.15) is 26.2 Å². The van der Waals surface area contributed by atoms with E-state index in [1.54, 1.807) is 18.2 Å². The van der Waals surface area contributed by atoms with Crippen LogP contribution in [0.25, 0.3) is 22.4 Å². The lowest BCUT2D eigenvalue weighted by atomic mass is 10.2. The van der Waals surface area contributed by atoms with E-state index in [-0.39, 0.29) is 18.3 Å². The quantitative estimate of drug-likeness (QED) is 0.660. The average Bonchev–Trinajstić information content (AvgIpc) is 3.05. The number of carbonyl (C=O) groups excluding carboxylic acids is 1. The lowest BCUT2D eigenvalue weighted by Gasteiger charge is -2.08. The molecule has 1 amide bonds. The Morgan fingerprint density at radius 3 is 2.88 bits per heavy atom. The third-order valence-corrected chi connectivity index (χ3v) is 3.64. The maximum absolute atomic E-state index is 12.0. The van der Waals surface area contributed by atoms with Gasteiger partial charge in [0.25, 0.3) is 0 Å². The van der Waals surface area contributed by atoms with Crippen LogP contribution in [0.5, 0.6) is 0 Å². The second kappa shape index (κ2) is 6.71. The Labute approximate surface area is 141 Å². The second-order valence-corrected chi connectivity index (χ2v) is 5.56. The SMILES string of the molecule is CCCn1c(=O)c(=O)[nH]c2cc(-c3noc(CNC(C)=O)n3)ccc21. The van der Waals surface area contributed by atoms with Crippen LogP contribution < -0.4 is 16.4 Å². The fourth-order valence-corrected chi connectivity index (χ4v) is 2.51. The number of aromatic nitrogens is 4. The summed E-state index contributed by atoms with van der Waals surface area (Å²) in [6.45, 7) is 3.93. The van der Waals surface area contributed by atoms with E-state index in [2.05, 4.69) is 20.4 Å². The van der Waals surface area contributed by atoms with Crippen LogP contribution in [0, 0.1) is 0 Å². The molecule has 3 rings (SSSR count). The summed E-state index contributed by atoms with van der Waals surface area (Å²) in [6.07, 6.45) is 0.734. The Bertz CT molecular complexity index is 1050. The molecule has 0 atom stereocenters. The highest BCUT2D eigenvalue weighted by Crippen LogP contribution is 2.20. The number of benzene rings is 1. The minimum absolute atomic E-state index is 0.142. The molecule has 1 aromatic carbocycles. The average molecular weight is 343 g/mol. The minimum atomic E-state index is -0.669. The van der Waals surface area contributed by atoms with Gasteiger partial charge in [-0.25, -0.2) is 0 Å². The van der Waals surface area contributed by atoms with E-state index in [0.29, 0.717) is 29.0 Å². The van der Waals surface area contributed by atoms with E-state index in [9.17, 15) is 14.4 Å². The number of carbonyl (C=O) groups is 1. The highest BCUT2D eigenvalue weighted by atomic mass is 16.5. The molecule has 0 radical (unpaired) electrons. The van der Waals surface area contributed by atoms with E-state index < -0.39 is 11.1 Å². The summed E-state index contributed by atoms with van der Waals surface area (Å²) in [4.78, 5) is 41.6. The number of amides is 1. The van der Waals surface area contributed by atoms with E-state index in [4.69, 9.17) is 4.52 Å². The molecule has 3 aromatic rings. The van der Waals surface area contributed by atoms with Crippen LogP contribution in [0.15, 0.2) is 32.3 Å². The summed E-state index contributed by atoms with van der Waals surface area (Å²) in [5.41, 5.74) is 0.542. The number of nitrogens with zero attached hydrogens (tertiary/aromatic N) is 3. The molecule has 0 aliphatic heterocycles. The number of hydrogen-bond acceptors (Lipinski definition) is 6. The van der Waals surface area contributed by atoms with E-state index in [1.165, 1.54) is 11.5 Å². The molecule has 0 spiro atoms. The predicted octanol–water partition coefficient (Wildman–Crippen LogP) is 0.786. The van der Waals surface area contributed by atoms with Crippen molar-refractivity contribution in [1.82, 2.24) is 25.0 Å². The first-order chi connectivity index (χ1) is 12.0. The largest absolute Gasteiger partial charge is 0.347 e. The molecular weight excluding hydrogens is 326 g/mol. The van der Waals surface area contributed by atoms with Gasteiger partial charge in [-0.2, -0.15) is 4.98 Å². The van der Waals surface area contributed by atoms with E-state index >= 15 is 0 Å². The lowest BCUT2D eigenvalue weighted by molar-refractivity contribution is -0.119. The number of nitrogens with one attached hydrogen (secondary N) is 2. The molecule has 130 valence electrons. The van der Waals surface area contributed by atoms with E-state index in [1.807, 2.05) is 6.92 Å². The van der Waals surface area contributed by atoms with Gasteiger partial charge in [-0.3, -0.25) is 14.4 Å². The first-order valence-corrected chi connectivity index (χ1v) is 7.84. The van der Waals surface area contributed by atoms with Crippen LogP contribution in [-0.4, -0.2) is 25.6 Å². The highest BCUT2D eigenvalue weighted by Gasteiger charge is 2.12. The topological polar surface area (TPSA) is 123 Å². The molecule has 0 aliphatic carbocycles. The standard InChI is InChI=1S/C16H17N5O4/c1-3-6-21-12-5-4-10(7-11(12)18-15(23)16(21)24)14-19-13(25-20-14)8-17-9(2)22/h4-5,7H,3,6,8H2,1-2H3,(H,17,22)(H,18,23). The van der Waals surface area contributed by atoms with Crippen LogP contribution in [0.4, 0.5) is 0 Å². The van der Waals surface area contributed by atoms with Gasteiger partial charge in [-0.1, -0.05) is 12.1 Å². The van der Waals surface area contributed by atoms with Gasteiger partial charge in [0.2, 0.25) is 17.6 Å². The van der Waals surface area contributed by atoms with Crippen LogP contribution >= 0.6 is 0 Å². The summed E-state index contributed by atoms with van der Waals surface area (Å²) in [6, 6.07) is 5.18. The molecule has 0 aliphatic rings. The molecule has 0 bridgehead atoms. The summed E-state index contributed by atoms with van der Waals surface area (Å²) in [5, 5.41) is 6.44. The number of aryl methyl sites for hydroxylation is 1. The van der Waals surface area contributed by atoms with Gasteiger partial charge in [0.05, 0.1) is 17.6 Å². The fourth-order valence-electron chi connectivity index (χ4n) is 2.51. The molecule has 2 aromatic heterocycles. The summed E-state index contributed by atoms with van der Waals surface area (Å²) >= 11 is 0. The number of rotatable bonds is 5. The summed E-state index contributed by atoms with van der Waals surface area (Å²) < 4.78 is 6.54. The van der Waals surface area contributed by atoms with Gasteiger partial charge in [-0.15, -0.1) is 0 Å².